The van der Waals surface area contributed by atoms with Crippen LogP contribution in [0.15, 0.2) is 109 Å². The third-order valence-corrected chi connectivity index (χ3v) is 6.19. The number of pyridine rings is 1. The molecule has 0 aliphatic rings. The van der Waals surface area contributed by atoms with Gasteiger partial charge in [-0.2, -0.15) is 0 Å². The molecule has 0 saturated heterocycles. The molecule has 2 amide bonds. The van der Waals surface area contributed by atoms with E-state index in [1.165, 1.54) is 0 Å². The lowest BCUT2D eigenvalue weighted by atomic mass is 10.0. The molecule has 0 bridgehead atoms. The fraction of sp³-hybridized carbons (Fsp3) is 0.194. The third kappa shape index (κ3) is 7.27. The van der Waals surface area contributed by atoms with Crippen LogP contribution in [0, 0.1) is 0 Å². The molecule has 1 N–H and O–H groups in total. The molecule has 1 aromatic heterocycles. The van der Waals surface area contributed by atoms with E-state index in [0.717, 1.165) is 28.0 Å². The van der Waals surface area contributed by atoms with Gasteiger partial charge in [0.25, 0.3) is 0 Å². The van der Waals surface area contributed by atoms with Crippen molar-refractivity contribution in [2.24, 2.45) is 0 Å². The number of hydrogen-bond acceptors (Lipinski definition) is 4. The van der Waals surface area contributed by atoms with Gasteiger partial charge >= 0.3 is 0 Å². The number of methoxy groups -OCH3 is 1. The van der Waals surface area contributed by atoms with Crippen molar-refractivity contribution in [2.45, 2.75) is 32.0 Å². The Balaban J connectivity index is 1.63. The van der Waals surface area contributed by atoms with Gasteiger partial charge in [-0.3, -0.25) is 14.6 Å². The molecule has 0 saturated carbocycles. The Labute approximate surface area is 217 Å². The number of carbonyl (C=O) groups is 2. The lowest BCUT2D eigenvalue weighted by molar-refractivity contribution is -0.141. The molecule has 1 unspecified atom stereocenters. The Bertz CT molecular complexity index is 1260. The standard InChI is InChI=1S/C31H31N3O3/c1-37-28-15-12-26(13-16-28)23-34(29(35)17-14-24-8-4-2-5-9-24)30(27-10-6-3-7-11-27)31(36)33-22-25-18-20-32-21-19-25/h2-13,15-16,18-21,30H,14,17,22-23H2,1H3,(H,33,36). The molecule has 0 spiro atoms. The fourth-order valence-corrected chi connectivity index (χ4v) is 4.19. The van der Waals surface area contributed by atoms with Crippen LogP contribution in [0.4, 0.5) is 0 Å². The van der Waals surface area contributed by atoms with Crippen LogP contribution in [0.5, 0.6) is 5.75 Å². The Morgan fingerprint density at radius 3 is 2.11 bits per heavy atom. The molecule has 4 rings (SSSR count). The summed E-state index contributed by atoms with van der Waals surface area (Å²) in [5, 5.41) is 3.03. The van der Waals surface area contributed by atoms with Gasteiger partial charge in [0.05, 0.1) is 7.11 Å². The molecule has 1 heterocycles. The molecule has 0 fully saturated rings. The molecule has 37 heavy (non-hydrogen) atoms. The number of hydrogen-bond donors (Lipinski definition) is 1. The number of nitrogens with zero attached hydrogens (tertiary/aromatic N) is 2. The molecule has 1 atom stereocenters. The molecule has 6 heteroatoms. The van der Waals surface area contributed by atoms with Crippen molar-refractivity contribution in [2.75, 3.05) is 7.11 Å². The minimum Gasteiger partial charge on any atom is -0.497 e. The average molecular weight is 494 g/mol. The maximum atomic E-state index is 13.8. The lowest BCUT2D eigenvalue weighted by Gasteiger charge is -2.32. The number of ether oxygens (including phenoxy) is 1. The summed E-state index contributed by atoms with van der Waals surface area (Å²) in [6.07, 6.45) is 4.28. The number of aromatic nitrogens is 1. The molecule has 4 aromatic rings. The highest BCUT2D eigenvalue weighted by Gasteiger charge is 2.31. The summed E-state index contributed by atoms with van der Waals surface area (Å²) < 4.78 is 5.29. The maximum Gasteiger partial charge on any atom is 0.247 e. The highest BCUT2D eigenvalue weighted by molar-refractivity contribution is 5.88. The van der Waals surface area contributed by atoms with Gasteiger partial charge in [0, 0.05) is 31.9 Å². The number of nitrogens with one attached hydrogen (secondary N) is 1. The number of aryl methyl sites for hydroxylation is 1. The molecule has 0 aliphatic heterocycles. The predicted molar refractivity (Wildman–Crippen MR) is 144 cm³/mol. The van der Waals surface area contributed by atoms with Crippen LogP contribution in [-0.4, -0.2) is 28.8 Å². The normalized spacial score (nSPS) is 11.4. The minimum atomic E-state index is -0.784. The Hall–Kier alpha value is -4.45. The summed E-state index contributed by atoms with van der Waals surface area (Å²) in [5.41, 5.74) is 3.69. The molecule has 0 radical (unpaired) electrons. The van der Waals surface area contributed by atoms with E-state index in [0.29, 0.717) is 25.9 Å². The third-order valence-electron chi connectivity index (χ3n) is 6.19. The van der Waals surface area contributed by atoms with Crippen LogP contribution in [0.1, 0.15) is 34.7 Å². The van der Waals surface area contributed by atoms with Crippen molar-refractivity contribution < 1.29 is 14.3 Å². The van der Waals surface area contributed by atoms with E-state index in [4.69, 9.17) is 4.74 Å². The number of rotatable bonds is 11. The zero-order valence-corrected chi connectivity index (χ0v) is 20.9. The van der Waals surface area contributed by atoms with E-state index >= 15 is 0 Å². The lowest BCUT2D eigenvalue weighted by Crippen LogP contribution is -2.43. The summed E-state index contributed by atoms with van der Waals surface area (Å²) in [4.78, 5) is 33.2. The summed E-state index contributed by atoms with van der Waals surface area (Å²) in [6.45, 7) is 0.638. The van der Waals surface area contributed by atoms with Crippen LogP contribution in [-0.2, 0) is 29.1 Å². The van der Waals surface area contributed by atoms with Crippen molar-refractivity contribution in [3.8, 4) is 5.75 Å². The monoisotopic (exact) mass is 493 g/mol. The Kier molecular flexibility index (Phi) is 9.02. The van der Waals surface area contributed by atoms with Crippen molar-refractivity contribution in [3.63, 3.8) is 0 Å². The quantitative estimate of drug-likeness (QED) is 0.315. The van der Waals surface area contributed by atoms with Crippen LogP contribution in [0.25, 0.3) is 0 Å². The van der Waals surface area contributed by atoms with E-state index in [9.17, 15) is 9.59 Å². The second-order valence-corrected chi connectivity index (χ2v) is 8.74. The Morgan fingerprint density at radius 2 is 1.46 bits per heavy atom. The maximum absolute atomic E-state index is 13.8. The molecule has 6 nitrogen and oxygen atoms in total. The second kappa shape index (κ2) is 13.0. The van der Waals surface area contributed by atoms with Crippen molar-refractivity contribution in [1.82, 2.24) is 15.2 Å². The van der Waals surface area contributed by atoms with E-state index in [-0.39, 0.29) is 11.8 Å². The van der Waals surface area contributed by atoms with Crippen LogP contribution in [0.3, 0.4) is 0 Å². The molecule has 0 aliphatic carbocycles. The summed E-state index contributed by atoms with van der Waals surface area (Å²) >= 11 is 0. The van der Waals surface area contributed by atoms with Gasteiger partial charge in [0.2, 0.25) is 11.8 Å². The van der Waals surface area contributed by atoms with Gasteiger partial charge in [0.1, 0.15) is 11.8 Å². The van der Waals surface area contributed by atoms with E-state index in [1.807, 2.05) is 97.1 Å². The Morgan fingerprint density at radius 1 is 0.811 bits per heavy atom. The zero-order valence-electron chi connectivity index (χ0n) is 20.9. The number of benzene rings is 3. The topological polar surface area (TPSA) is 71.5 Å². The highest BCUT2D eigenvalue weighted by Crippen LogP contribution is 2.26. The van der Waals surface area contributed by atoms with Crippen LogP contribution >= 0.6 is 0 Å². The molecular formula is C31H31N3O3. The minimum absolute atomic E-state index is 0.0902. The van der Waals surface area contributed by atoms with E-state index < -0.39 is 6.04 Å². The number of carbonyl (C=O) groups excluding carboxylic acids is 2. The van der Waals surface area contributed by atoms with E-state index in [2.05, 4.69) is 10.3 Å². The van der Waals surface area contributed by atoms with Crippen molar-refractivity contribution in [1.29, 1.82) is 0 Å². The average Bonchev–Trinajstić information content (AvgIpc) is 2.96. The summed E-state index contributed by atoms with van der Waals surface area (Å²) in [6, 6.07) is 29.9. The first-order chi connectivity index (χ1) is 18.1. The smallest absolute Gasteiger partial charge is 0.247 e. The van der Waals surface area contributed by atoms with Gasteiger partial charge in [-0.25, -0.2) is 0 Å². The summed E-state index contributed by atoms with van der Waals surface area (Å²) in [7, 11) is 1.62. The molecule has 188 valence electrons. The fourth-order valence-electron chi connectivity index (χ4n) is 4.19. The molecular weight excluding hydrogens is 462 g/mol. The van der Waals surface area contributed by atoms with Crippen LogP contribution < -0.4 is 10.1 Å². The SMILES string of the molecule is COc1ccc(CN(C(=O)CCc2ccccc2)C(C(=O)NCc2ccncc2)c2ccccc2)cc1. The highest BCUT2D eigenvalue weighted by atomic mass is 16.5. The van der Waals surface area contributed by atoms with Gasteiger partial charge in [0.15, 0.2) is 0 Å². The first-order valence-corrected chi connectivity index (χ1v) is 12.3. The summed E-state index contributed by atoms with van der Waals surface area (Å²) in [5.74, 6) is 0.414. The zero-order chi connectivity index (χ0) is 25.9. The van der Waals surface area contributed by atoms with Crippen molar-refractivity contribution in [3.05, 3.63) is 132 Å². The van der Waals surface area contributed by atoms with Gasteiger partial charge in [-0.05, 0) is 52.9 Å². The largest absolute Gasteiger partial charge is 0.497 e. The van der Waals surface area contributed by atoms with Gasteiger partial charge in [-0.1, -0.05) is 72.8 Å². The van der Waals surface area contributed by atoms with Gasteiger partial charge < -0.3 is 15.0 Å². The number of amides is 2. The predicted octanol–water partition coefficient (Wildman–Crippen LogP) is 5.11. The van der Waals surface area contributed by atoms with Gasteiger partial charge in [-0.15, -0.1) is 0 Å². The van der Waals surface area contributed by atoms with E-state index in [1.54, 1.807) is 24.4 Å². The first kappa shape index (κ1) is 25.6. The van der Waals surface area contributed by atoms with Crippen LogP contribution in [0.2, 0.25) is 0 Å². The van der Waals surface area contributed by atoms with Crippen molar-refractivity contribution >= 4 is 11.8 Å². The first-order valence-electron chi connectivity index (χ1n) is 12.3. The molecule has 3 aromatic carbocycles. The second-order valence-electron chi connectivity index (χ2n) is 8.74.